The number of aromatic nitrogens is 4. The Morgan fingerprint density at radius 2 is 1.48 bits per heavy atom. The molecular weight excluding hydrogens is 356 g/mol. The van der Waals surface area contributed by atoms with Crippen LogP contribution in [0.3, 0.4) is 0 Å². The van der Waals surface area contributed by atoms with Gasteiger partial charge in [-0.25, -0.2) is 0 Å². The van der Waals surface area contributed by atoms with Crippen LogP contribution in [0.1, 0.15) is 0 Å². The molecule has 0 aliphatic heterocycles. The summed E-state index contributed by atoms with van der Waals surface area (Å²) >= 11 is 0. The zero-order chi connectivity index (χ0) is 19.4. The first-order valence-corrected chi connectivity index (χ1v) is 9.68. The molecule has 138 valence electrons. The van der Waals surface area contributed by atoms with Crippen molar-refractivity contribution in [1.82, 2.24) is 19.7 Å². The van der Waals surface area contributed by atoms with E-state index in [-0.39, 0.29) is 0 Å². The summed E-state index contributed by atoms with van der Waals surface area (Å²) in [6.07, 6.45) is 2.09. The van der Waals surface area contributed by atoms with Crippen molar-refractivity contribution in [3.05, 3.63) is 85.1 Å². The van der Waals surface area contributed by atoms with Crippen molar-refractivity contribution in [3.8, 4) is 22.4 Å². The van der Waals surface area contributed by atoms with Gasteiger partial charge in [0.05, 0.1) is 5.52 Å². The normalized spacial score (nSPS) is 11.6. The Labute approximate surface area is 167 Å². The van der Waals surface area contributed by atoms with Crippen LogP contribution in [0, 0.1) is 0 Å². The summed E-state index contributed by atoms with van der Waals surface area (Å²) in [5, 5.41) is 12.9. The average molecular weight is 374 g/mol. The van der Waals surface area contributed by atoms with Gasteiger partial charge >= 0.3 is 0 Å². The highest BCUT2D eigenvalue weighted by Gasteiger charge is 2.21. The molecule has 4 heteroatoms. The van der Waals surface area contributed by atoms with Crippen molar-refractivity contribution in [2.75, 3.05) is 0 Å². The van der Waals surface area contributed by atoms with Crippen molar-refractivity contribution < 1.29 is 0 Å². The van der Waals surface area contributed by atoms with Gasteiger partial charge in [0, 0.05) is 51.6 Å². The highest BCUT2D eigenvalue weighted by atomic mass is 15.2. The number of fused-ring (bicyclic) bond motifs is 4. The van der Waals surface area contributed by atoms with Crippen LogP contribution in [0.25, 0.3) is 55.2 Å². The van der Waals surface area contributed by atoms with Gasteiger partial charge in [-0.05, 0) is 12.1 Å². The van der Waals surface area contributed by atoms with Gasteiger partial charge in [-0.3, -0.25) is 0 Å². The summed E-state index contributed by atoms with van der Waals surface area (Å²) in [6.45, 7) is 0. The summed E-state index contributed by atoms with van der Waals surface area (Å²) in [7, 11) is 2.06. The molecule has 1 N–H and O–H groups in total. The first-order valence-electron chi connectivity index (χ1n) is 9.68. The van der Waals surface area contributed by atoms with E-state index in [0.29, 0.717) is 0 Å². The van der Waals surface area contributed by atoms with Crippen molar-refractivity contribution in [2.24, 2.45) is 7.05 Å². The van der Waals surface area contributed by atoms with Gasteiger partial charge in [-0.1, -0.05) is 66.7 Å². The van der Waals surface area contributed by atoms with Crippen LogP contribution in [-0.4, -0.2) is 19.7 Å². The van der Waals surface area contributed by atoms with E-state index in [1.165, 1.54) is 10.8 Å². The molecule has 4 nitrogen and oxygen atoms in total. The Hall–Kier alpha value is -3.92. The highest BCUT2D eigenvalue weighted by Crippen LogP contribution is 2.42. The molecular formula is C25H18N4. The fourth-order valence-electron chi connectivity index (χ4n) is 4.35. The van der Waals surface area contributed by atoms with Gasteiger partial charge in [0.1, 0.15) is 5.69 Å². The van der Waals surface area contributed by atoms with E-state index < -0.39 is 0 Å². The molecule has 0 radical (unpaired) electrons. The van der Waals surface area contributed by atoms with E-state index in [1.54, 1.807) is 0 Å². The predicted molar refractivity (Wildman–Crippen MR) is 119 cm³/mol. The summed E-state index contributed by atoms with van der Waals surface area (Å²) in [5.74, 6) is 0. The number of hydrogen-bond donors (Lipinski definition) is 1. The first kappa shape index (κ1) is 16.1. The molecule has 3 aromatic heterocycles. The Balaban J connectivity index is 1.85. The molecule has 0 saturated carbocycles. The molecule has 0 aliphatic rings. The lowest BCUT2D eigenvalue weighted by Gasteiger charge is -2.10. The van der Waals surface area contributed by atoms with Gasteiger partial charge in [-0.2, -0.15) is 0 Å². The Kier molecular flexibility index (Phi) is 3.35. The van der Waals surface area contributed by atoms with Gasteiger partial charge in [-0.15, -0.1) is 10.2 Å². The smallest absolute Gasteiger partial charge is 0.164 e. The quantitative estimate of drug-likeness (QED) is 0.408. The monoisotopic (exact) mass is 374 g/mol. The lowest BCUT2D eigenvalue weighted by Crippen LogP contribution is -1.97. The second-order valence-electron chi connectivity index (χ2n) is 7.31. The third-order valence-corrected chi connectivity index (χ3v) is 5.71. The van der Waals surface area contributed by atoms with E-state index in [9.17, 15) is 0 Å². The Morgan fingerprint density at radius 3 is 2.34 bits per heavy atom. The number of rotatable bonds is 2. The predicted octanol–water partition coefficient (Wildman–Crippen LogP) is 5.94. The maximum atomic E-state index is 4.71. The van der Waals surface area contributed by atoms with Crippen LogP contribution in [0.4, 0.5) is 0 Å². The fraction of sp³-hybridized carbons (Fsp3) is 0.0400. The van der Waals surface area contributed by atoms with Crippen molar-refractivity contribution in [2.45, 2.75) is 0 Å². The maximum Gasteiger partial charge on any atom is 0.164 e. The number of nitrogens with zero attached hydrogens (tertiary/aromatic N) is 3. The SMILES string of the molecule is Cn1c2ccccc2c2c(-c3c[nH]c4ccccc34)c(-c3ccccc3)nnc21. The fourth-order valence-corrected chi connectivity index (χ4v) is 4.35. The largest absolute Gasteiger partial charge is 0.361 e. The maximum absolute atomic E-state index is 4.71. The van der Waals surface area contributed by atoms with Crippen molar-refractivity contribution in [1.29, 1.82) is 0 Å². The molecule has 0 aliphatic carbocycles. The topological polar surface area (TPSA) is 46.5 Å². The van der Waals surface area contributed by atoms with Crippen LogP contribution >= 0.6 is 0 Å². The van der Waals surface area contributed by atoms with Gasteiger partial charge in [0.15, 0.2) is 5.65 Å². The van der Waals surface area contributed by atoms with E-state index in [0.717, 1.165) is 44.5 Å². The average Bonchev–Trinajstić information content (AvgIpc) is 3.34. The van der Waals surface area contributed by atoms with Crippen LogP contribution < -0.4 is 0 Å². The molecule has 0 saturated heterocycles. The molecule has 0 fully saturated rings. The van der Waals surface area contributed by atoms with E-state index in [4.69, 9.17) is 5.10 Å². The Bertz CT molecular complexity index is 1510. The standard InChI is InChI=1S/C25H18N4/c1-29-21-14-8-6-12-18(21)23-22(19-15-26-20-13-7-5-11-17(19)20)24(27-28-25(23)29)16-9-3-2-4-10-16/h2-15,26H,1H3. The Morgan fingerprint density at radius 1 is 0.759 bits per heavy atom. The molecule has 0 amide bonds. The van der Waals surface area contributed by atoms with Crippen molar-refractivity contribution >= 4 is 32.8 Å². The zero-order valence-corrected chi connectivity index (χ0v) is 15.9. The molecule has 0 bridgehead atoms. The summed E-state index contributed by atoms with van der Waals surface area (Å²) in [4.78, 5) is 3.43. The number of nitrogens with one attached hydrogen (secondary N) is 1. The zero-order valence-electron chi connectivity index (χ0n) is 15.9. The van der Waals surface area contributed by atoms with Crippen molar-refractivity contribution in [3.63, 3.8) is 0 Å². The third-order valence-electron chi connectivity index (χ3n) is 5.71. The molecule has 6 rings (SSSR count). The highest BCUT2D eigenvalue weighted by molar-refractivity contribution is 6.18. The third kappa shape index (κ3) is 2.26. The van der Waals surface area contributed by atoms with Gasteiger partial charge in [0.2, 0.25) is 0 Å². The van der Waals surface area contributed by atoms with Crippen LogP contribution in [0.5, 0.6) is 0 Å². The second kappa shape index (κ2) is 6.04. The summed E-state index contributed by atoms with van der Waals surface area (Å²) in [6, 6.07) is 27.2. The van der Waals surface area contributed by atoms with Crippen LogP contribution in [-0.2, 0) is 7.05 Å². The molecule has 6 aromatic rings. The number of aromatic amines is 1. The number of benzene rings is 3. The van der Waals surface area contributed by atoms with Gasteiger partial charge in [0.25, 0.3) is 0 Å². The molecule has 3 heterocycles. The minimum absolute atomic E-state index is 0.895. The van der Waals surface area contributed by atoms with Crippen LogP contribution in [0.2, 0.25) is 0 Å². The van der Waals surface area contributed by atoms with E-state index in [2.05, 4.69) is 88.6 Å². The number of aryl methyl sites for hydroxylation is 1. The minimum atomic E-state index is 0.895. The van der Waals surface area contributed by atoms with E-state index >= 15 is 0 Å². The molecule has 0 atom stereocenters. The lowest BCUT2D eigenvalue weighted by molar-refractivity contribution is 0.950. The number of hydrogen-bond acceptors (Lipinski definition) is 2. The van der Waals surface area contributed by atoms with Gasteiger partial charge < -0.3 is 9.55 Å². The molecule has 3 aromatic carbocycles. The molecule has 0 unspecified atom stereocenters. The molecule has 29 heavy (non-hydrogen) atoms. The number of H-pyrrole nitrogens is 1. The second-order valence-corrected chi connectivity index (χ2v) is 7.31. The number of para-hydroxylation sites is 2. The lowest BCUT2D eigenvalue weighted by atomic mass is 9.95. The minimum Gasteiger partial charge on any atom is -0.361 e. The molecule has 0 spiro atoms. The summed E-state index contributed by atoms with van der Waals surface area (Å²) in [5.41, 5.74) is 7.40. The van der Waals surface area contributed by atoms with Crippen LogP contribution in [0.15, 0.2) is 85.1 Å². The van der Waals surface area contributed by atoms with E-state index in [1.807, 2.05) is 18.2 Å². The summed E-state index contributed by atoms with van der Waals surface area (Å²) < 4.78 is 2.13. The first-order chi connectivity index (χ1) is 14.3.